The maximum atomic E-state index is 13.0. The van der Waals surface area contributed by atoms with Crippen molar-refractivity contribution in [3.8, 4) is 16.9 Å². The molecule has 162 valence electrons. The van der Waals surface area contributed by atoms with Crippen molar-refractivity contribution in [1.82, 2.24) is 25.1 Å². The van der Waals surface area contributed by atoms with Crippen molar-refractivity contribution in [2.24, 2.45) is 7.05 Å². The van der Waals surface area contributed by atoms with Crippen molar-refractivity contribution in [3.05, 3.63) is 72.4 Å². The first-order chi connectivity index (χ1) is 15.6. The number of hydrogen-bond donors (Lipinski definition) is 1. The summed E-state index contributed by atoms with van der Waals surface area (Å²) >= 11 is 0. The molecule has 32 heavy (non-hydrogen) atoms. The molecule has 7 nitrogen and oxygen atoms in total. The summed E-state index contributed by atoms with van der Waals surface area (Å²) in [5, 5.41) is 8.51. The summed E-state index contributed by atoms with van der Waals surface area (Å²) in [7, 11) is 1.89. The van der Waals surface area contributed by atoms with Gasteiger partial charge in [-0.05, 0) is 50.2 Å². The molecule has 4 heterocycles. The Morgan fingerprint density at radius 3 is 2.78 bits per heavy atom. The number of benzene rings is 1. The van der Waals surface area contributed by atoms with E-state index < -0.39 is 0 Å². The minimum atomic E-state index is 0.0176. The zero-order chi connectivity index (χ0) is 21.9. The number of hydrogen-bond acceptors (Lipinski definition) is 6. The van der Waals surface area contributed by atoms with Crippen LogP contribution in [0.4, 0.5) is 0 Å². The van der Waals surface area contributed by atoms with Crippen LogP contribution in [0.2, 0.25) is 0 Å². The number of nitrogens with zero attached hydrogens (tertiary/aromatic N) is 4. The molecule has 7 heteroatoms. The molecule has 5 rings (SSSR count). The molecule has 0 bridgehead atoms. The quantitative estimate of drug-likeness (QED) is 0.474. The summed E-state index contributed by atoms with van der Waals surface area (Å²) in [6, 6.07) is 11.5. The van der Waals surface area contributed by atoms with Crippen molar-refractivity contribution in [1.29, 1.82) is 0 Å². The fourth-order valence-electron chi connectivity index (χ4n) is 4.02. The summed E-state index contributed by atoms with van der Waals surface area (Å²) in [6.07, 6.45) is 9.69. The molecule has 0 amide bonds. The van der Waals surface area contributed by atoms with Gasteiger partial charge in [0.05, 0.1) is 24.3 Å². The Morgan fingerprint density at radius 1 is 1.09 bits per heavy atom. The summed E-state index contributed by atoms with van der Waals surface area (Å²) in [6.45, 7) is 1.93. The molecule has 0 spiro atoms. The molecule has 4 aromatic rings. The normalized spacial score (nSPS) is 14.5. The molecule has 1 aliphatic heterocycles. The Morgan fingerprint density at radius 2 is 1.97 bits per heavy atom. The molecule has 0 radical (unpaired) electrons. The monoisotopic (exact) mass is 427 g/mol. The van der Waals surface area contributed by atoms with Gasteiger partial charge in [0.1, 0.15) is 11.9 Å². The van der Waals surface area contributed by atoms with Crippen LogP contribution in [0.15, 0.2) is 61.2 Å². The van der Waals surface area contributed by atoms with Crippen LogP contribution in [0.1, 0.15) is 28.9 Å². The second-order valence-electron chi connectivity index (χ2n) is 8.19. The van der Waals surface area contributed by atoms with E-state index in [1.54, 1.807) is 10.9 Å². The van der Waals surface area contributed by atoms with Gasteiger partial charge in [0.15, 0.2) is 5.78 Å². The average Bonchev–Trinajstić information content (AvgIpc) is 3.26. The van der Waals surface area contributed by atoms with Crippen molar-refractivity contribution >= 4 is 16.7 Å². The van der Waals surface area contributed by atoms with Crippen LogP contribution >= 0.6 is 0 Å². The predicted molar refractivity (Wildman–Crippen MR) is 123 cm³/mol. The lowest BCUT2D eigenvalue weighted by molar-refractivity contribution is 0.0990. The van der Waals surface area contributed by atoms with Gasteiger partial charge in [0.2, 0.25) is 0 Å². The van der Waals surface area contributed by atoms with Crippen LogP contribution in [-0.2, 0) is 13.5 Å². The van der Waals surface area contributed by atoms with Gasteiger partial charge in [-0.1, -0.05) is 12.1 Å². The molecular weight excluding hydrogens is 402 g/mol. The number of Topliss-reactive ketones (excluding diaryl/α,β-unsaturated/α-hetero) is 1. The number of aryl methyl sites for hydroxylation is 1. The number of carbonyl (C=O) groups excluding carboxylic acids is 1. The van der Waals surface area contributed by atoms with E-state index in [1.807, 2.05) is 56.0 Å². The van der Waals surface area contributed by atoms with E-state index in [4.69, 9.17) is 4.74 Å². The van der Waals surface area contributed by atoms with Gasteiger partial charge in [0, 0.05) is 47.2 Å². The standard InChI is InChI=1S/C25H25N5O2/c1-30-16-20(14-29-30)19-9-18-10-21(27-15-24(18)28-13-19)12-25(31)17-3-2-4-23(11-17)32-22-5-7-26-8-6-22/h2-4,9-11,13-16,22,26H,5-8,12H2,1H3. The highest BCUT2D eigenvalue weighted by Crippen LogP contribution is 2.23. The molecule has 1 N–H and O–H groups in total. The van der Waals surface area contributed by atoms with E-state index >= 15 is 0 Å². The topological polar surface area (TPSA) is 81.9 Å². The molecule has 1 aliphatic rings. The molecule has 1 aromatic carbocycles. The van der Waals surface area contributed by atoms with Crippen LogP contribution in [0, 0.1) is 0 Å². The Labute approximate surface area is 186 Å². The molecule has 0 saturated carbocycles. The van der Waals surface area contributed by atoms with Crippen LogP contribution in [-0.4, -0.2) is 44.7 Å². The fourth-order valence-corrected chi connectivity index (χ4v) is 4.02. The lowest BCUT2D eigenvalue weighted by atomic mass is 10.0. The molecule has 0 aliphatic carbocycles. The van der Waals surface area contributed by atoms with Crippen molar-refractivity contribution in [3.63, 3.8) is 0 Å². The number of rotatable bonds is 6. The maximum Gasteiger partial charge on any atom is 0.168 e. The molecule has 1 saturated heterocycles. The minimum absolute atomic E-state index is 0.0176. The van der Waals surface area contributed by atoms with Crippen LogP contribution in [0.5, 0.6) is 5.75 Å². The lowest BCUT2D eigenvalue weighted by Gasteiger charge is -2.24. The van der Waals surface area contributed by atoms with Gasteiger partial charge >= 0.3 is 0 Å². The molecule has 3 aromatic heterocycles. The SMILES string of the molecule is Cn1cc(-c2cnc3cnc(CC(=O)c4cccc(OC5CCNCC5)c4)cc3c2)cn1. The number of pyridine rings is 2. The molecule has 0 atom stereocenters. The Bertz CT molecular complexity index is 1260. The smallest absolute Gasteiger partial charge is 0.168 e. The number of ether oxygens (including phenoxy) is 1. The third-order valence-electron chi connectivity index (χ3n) is 5.75. The second-order valence-corrected chi connectivity index (χ2v) is 8.19. The first-order valence-corrected chi connectivity index (χ1v) is 10.9. The second kappa shape index (κ2) is 8.88. The summed E-state index contributed by atoms with van der Waals surface area (Å²) in [4.78, 5) is 21.9. The Kier molecular flexibility index (Phi) is 5.64. The average molecular weight is 428 g/mol. The van der Waals surface area contributed by atoms with Crippen LogP contribution in [0.25, 0.3) is 22.0 Å². The van der Waals surface area contributed by atoms with E-state index in [2.05, 4.69) is 26.4 Å². The Hall–Kier alpha value is -3.58. The first kappa shape index (κ1) is 20.3. The van der Waals surface area contributed by atoms with E-state index in [9.17, 15) is 4.79 Å². The van der Waals surface area contributed by atoms with Gasteiger partial charge < -0.3 is 10.1 Å². The third-order valence-corrected chi connectivity index (χ3v) is 5.75. The fraction of sp³-hybridized carbons (Fsp3) is 0.280. The highest BCUT2D eigenvalue weighted by molar-refractivity contribution is 5.98. The highest BCUT2D eigenvalue weighted by Gasteiger charge is 2.16. The van der Waals surface area contributed by atoms with Crippen LogP contribution in [0.3, 0.4) is 0 Å². The number of fused-ring (bicyclic) bond motifs is 1. The third kappa shape index (κ3) is 4.53. The molecule has 1 fully saturated rings. The zero-order valence-electron chi connectivity index (χ0n) is 18.0. The number of carbonyl (C=O) groups is 1. The maximum absolute atomic E-state index is 13.0. The predicted octanol–water partition coefficient (Wildman–Crippen LogP) is 3.59. The number of nitrogens with one attached hydrogen (secondary N) is 1. The van der Waals surface area contributed by atoms with E-state index in [1.165, 1.54) is 0 Å². The van der Waals surface area contributed by atoms with E-state index in [0.717, 1.165) is 59.4 Å². The van der Waals surface area contributed by atoms with E-state index in [0.29, 0.717) is 5.56 Å². The summed E-state index contributed by atoms with van der Waals surface area (Å²) in [5.74, 6) is 0.767. The van der Waals surface area contributed by atoms with Gasteiger partial charge in [-0.3, -0.25) is 19.4 Å². The largest absolute Gasteiger partial charge is 0.490 e. The van der Waals surface area contributed by atoms with Gasteiger partial charge in [0.25, 0.3) is 0 Å². The number of ketones is 1. The van der Waals surface area contributed by atoms with Crippen LogP contribution < -0.4 is 10.1 Å². The zero-order valence-corrected chi connectivity index (χ0v) is 18.0. The van der Waals surface area contributed by atoms with Crippen molar-refractivity contribution in [2.45, 2.75) is 25.4 Å². The highest BCUT2D eigenvalue weighted by atomic mass is 16.5. The summed E-state index contributed by atoms with van der Waals surface area (Å²) in [5.41, 5.74) is 4.14. The van der Waals surface area contributed by atoms with Gasteiger partial charge in [-0.2, -0.15) is 5.10 Å². The number of piperidine rings is 1. The van der Waals surface area contributed by atoms with E-state index in [-0.39, 0.29) is 18.3 Å². The molecular formula is C25H25N5O2. The first-order valence-electron chi connectivity index (χ1n) is 10.9. The van der Waals surface area contributed by atoms with Crippen molar-refractivity contribution in [2.75, 3.05) is 13.1 Å². The number of aromatic nitrogens is 4. The van der Waals surface area contributed by atoms with Gasteiger partial charge in [-0.25, -0.2) is 0 Å². The molecule has 0 unspecified atom stereocenters. The Balaban J connectivity index is 1.33. The van der Waals surface area contributed by atoms with Gasteiger partial charge in [-0.15, -0.1) is 0 Å². The minimum Gasteiger partial charge on any atom is -0.490 e. The van der Waals surface area contributed by atoms with Crippen molar-refractivity contribution < 1.29 is 9.53 Å². The summed E-state index contributed by atoms with van der Waals surface area (Å²) < 4.78 is 7.85. The lowest BCUT2D eigenvalue weighted by Crippen LogP contribution is -2.34.